The molecule has 1 aliphatic heterocycles. The number of nitrogens with zero attached hydrogens (tertiary/aromatic N) is 2. The molecule has 2 heterocycles. The molecule has 7 nitrogen and oxygen atoms in total. The lowest BCUT2D eigenvalue weighted by molar-refractivity contribution is -0.128. The van der Waals surface area contributed by atoms with Crippen LogP contribution in [0.25, 0.3) is 0 Å². The molecule has 1 amide bonds. The first kappa shape index (κ1) is 15.9. The summed E-state index contributed by atoms with van der Waals surface area (Å²) in [5, 5.41) is 10.0. The van der Waals surface area contributed by atoms with Gasteiger partial charge in [0.1, 0.15) is 6.10 Å². The van der Waals surface area contributed by atoms with Crippen LogP contribution in [0.3, 0.4) is 0 Å². The Morgan fingerprint density at radius 3 is 3.26 bits per heavy atom. The molecule has 1 aromatic rings. The van der Waals surface area contributed by atoms with Gasteiger partial charge in [0.15, 0.2) is 0 Å². The zero-order valence-electron chi connectivity index (χ0n) is 10.8. The zero-order chi connectivity index (χ0) is 12.8. The highest BCUT2D eigenvalue weighted by Gasteiger charge is 2.21. The van der Waals surface area contributed by atoms with E-state index in [-0.39, 0.29) is 18.3 Å². The van der Waals surface area contributed by atoms with Gasteiger partial charge in [-0.3, -0.25) is 9.48 Å². The number of hydrogen-bond donors (Lipinski definition) is 2. The molecule has 0 saturated carbocycles. The predicted molar refractivity (Wildman–Crippen MR) is 72.6 cm³/mol. The van der Waals surface area contributed by atoms with Gasteiger partial charge in [-0.25, -0.2) is 0 Å². The van der Waals surface area contributed by atoms with Crippen LogP contribution in [0.5, 0.6) is 0 Å². The first-order valence-corrected chi connectivity index (χ1v) is 5.94. The monoisotopic (exact) mass is 290 g/mol. The van der Waals surface area contributed by atoms with Crippen LogP contribution in [0.1, 0.15) is 0 Å². The van der Waals surface area contributed by atoms with Gasteiger partial charge in [0, 0.05) is 26.4 Å². The smallest absolute Gasteiger partial charge is 0.254 e. The average molecular weight is 291 g/mol. The molecule has 0 spiro atoms. The summed E-state index contributed by atoms with van der Waals surface area (Å²) >= 11 is 0. The number of nitrogens with one attached hydrogen (secondary N) is 2. The number of hydrogen-bond acceptors (Lipinski definition) is 5. The lowest BCUT2D eigenvalue weighted by Crippen LogP contribution is -2.45. The van der Waals surface area contributed by atoms with Gasteiger partial charge in [-0.2, -0.15) is 5.10 Å². The predicted octanol–water partition coefficient (Wildman–Crippen LogP) is -0.122. The van der Waals surface area contributed by atoms with Gasteiger partial charge in [-0.05, 0) is 0 Å². The summed E-state index contributed by atoms with van der Waals surface area (Å²) in [5.74, 6) is -0.145. The fraction of sp³-hybridized carbons (Fsp3) is 0.636. The van der Waals surface area contributed by atoms with Gasteiger partial charge in [0.25, 0.3) is 5.91 Å². The van der Waals surface area contributed by atoms with Crippen LogP contribution in [0.15, 0.2) is 12.4 Å². The van der Waals surface area contributed by atoms with Gasteiger partial charge >= 0.3 is 0 Å². The molecular formula is C11H19ClN4O3. The SMILES string of the molecule is COCCn1cc(NC(=O)C2CNCCO2)cn1.Cl. The number of morpholine rings is 1. The Morgan fingerprint density at radius 2 is 2.58 bits per heavy atom. The highest BCUT2D eigenvalue weighted by molar-refractivity contribution is 5.94. The van der Waals surface area contributed by atoms with E-state index in [1.165, 1.54) is 0 Å². The number of methoxy groups -OCH3 is 1. The molecule has 2 N–H and O–H groups in total. The molecule has 0 bridgehead atoms. The minimum atomic E-state index is -0.430. The van der Waals surface area contributed by atoms with Crippen molar-refractivity contribution >= 4 is 24.0 Å². The van der Waals surface area contributed by atoms with Crippen LogP contribution < -0.4 is 10.6 Å². The summed E-state index contributed by atoms with van der Waals surface area (Å²) in [6.45, 7) is 3.14. The van der Waals surface area contributed by atoms with E-state index in [1.54, 1.807) is 24.2 Å². The van der Waals surface area contributed by atoms with Crippen LogP contribution in [0, 0.1) is 0 Å². The average Bonchev–Trinajstić information content (AvgIpc) is 2.85. The van der Waals surface area contributed by atoms with Crippen LogP contribution in [-0.4, -0.2) is 55.2 Å². The first-order valence-electron chi connectivity index (χ1n) is 5.94. The topological polar surface area (TPSA) is 77.4 Å². The molecule has 0 aromatic carbocycles. The minimum absolute atomic E-state index is 0. The lowest BCUT2D eigenvalue weighted by Gasteiger charge is -2.22. The molecule has 108 valence electrons. The Kier molecular flexibility index (Phi) is 6.79. The van der Waals surface area contributed by atoms with Crippen LogP contribution >= 0.6 is 12.4 Å². The van der Waals surface area contributed by atoms with Gasteiger partial charge in [0.05, 0.1) is 31.6 Å². The second-order valence-electron chi connectivity index (χ2n) is 4.04. The Labute approximate surface area is 118 Å². The minimum Gasteiger partial charge on any atom is -0.383 e. The number of aromatic nitrogens is 2. The molecule has 0 aliphatic carbocycles. The molecule has 1 unspecified atom stereocenters. The van der Waals surface area contributed by atoms with Crippen molar-refractivity contribution < 1.29 is 14.3 Å². The number of rotatable bonds is 5. The zero-order valence-corrected chi connectivity index (χ0v) is 11.6. The quantitative estimate of drug-likeness (QED) is 0.790. The molecule has 1 atom stereocenters. The number of anilines is 1. The van der Waals surface area contributed by atoms with Crippen molar-refractivity contribution in [2.45, 2.75) is 12.6 Å². The molecule has 0 radical (unpaired) electrons. The Balaban J connectivity index is 0.00000180. The molecule has 1 saturated heterocycles. The van der Waals surface area contributed by atoms with Crippen molar-refractivity contribution in [2.24, 2.45) is 0 Å². The van der Waals surface area contributed by atoms with Crippen molar-refractivity contribution in [3.8, 4) is 0 Å². The summed E-state index contributed by atoms with van der Waals surface area (Å²) in [6.07, 6.45) is 2.96. The number of halogens is 1. The molecule has 8 heteroatoms. The summed E-state index contributed by atoms with van der Waals surface area (Å²) in [6, 6.07) is 0. The molecule has 1 aromatic heterocycles. The van der Waals surface area contributed by atoms with Crippen LogP contribution in [0.4, 0.5) is 5.69 Å². The van der Waals surface area contributed by atoms with Crippen molar-refractivity contribution in [2.75, 3.05) is 38.7 Å². The van der Waals surface area contributed by atoms with Crippen molar-refractivity contribution in [1.29, 1.82) is 0 Å². The fourth-order valence-corrected chi connectivity index (χ4v) is 1.69. The number of amides is 1. The van der Waals surface area contributed by atoms with Crippen LogP contribution in [-0.2, 0) is 20.8 Å². The van der Waals surface area contributed by atoms with Crippen LogP contribution in [0.2, 0.25) is 0 Å². The summed E-state index contributed by atoms with van der Waals surface area (Å²) in [4.78, 5) is 11.9. The Morgan fingerprint density at radius 1 is 1.74 bits per heavy atom. The van der Waals surface area contributed by atoms with Gasteiger partial charge in [-0.15, -0.1) is 12.4 Å². The van der Waals surface area contributed by atoms with Gasteiger partial charge in [-0.1, -0.05) is 0 Å². The molecule has 2 rings (SSSR count). The highest BCUT2D eigenvalue weighted by atomic mass is 35.5. The van der Waals surface area contributed by atoms with E-state index in [0.717, 1.165) is 6.54 Å². The van der Waals surface area contributed by atoms with Crippen molar-refractivity contribution in [3.05, 3.63) is 12.4 Å². The van der Waals surface area contributed by atoms with Gasteiger partial charge < -0.3 is 20.1 Å². The second-order valence-corrected chi connectivity index (χ2v) is 4.04. The lowest BCUT2D eigenvalue weighted by atomic mass is 10.3. The number of carbonyl (C=O) groups excluding carboxylic acids is 1. The van der Waals surface area contributed by atoms with Crippen molar-refractivity contribution in [1.82, 2.24) is 15.1 Å². The van der Waals surface area contributed by atoms with E-state index in [4.69, 9.17) is 9.47 Å². The summed E-state index contributed by atoms with van der Waals surface area (Å²) < 4.78 is 12.0. The largest absolute Gasteiger partial charge is 0.383 e. The third kappa shape index (κ3) is 4.79. The fourth-order valence-electron chi connectivity index (χ4n) is 1.69. The number of carbonyl (C=O) groups is 1. The second kappa shape index (κ2) is 8.11. The van der Waals surface area contributed by atoms with E-state index in [1.807, 2.05) is 0 Å². The van der Waals surface area contributed by atoms with E-state index in [0.29, 0.717) is 32.0 Å². The van der Waals surface area contributed by atoms with Crippen molar-refractivity contribution in [3.63, 3.8) is 0 Å². The first-order chi connectivity index (χ1) is 8.79. The van der Waals surface area contributed by atoms with E-state index in [2.05, 4.69) is 15.7 Å². The van der Waals surface area contributed by atoms with Gasteiger partial charge in [0.2, 0.25) is 0 Å². The maximum absolute atomic E-state index is 11.9. The normalized spacial score (nSPS) is 18.7. The Hall–Kier alpha value is -1.15. The summed E-state index contributed by atoms with van der Waals surface area (Å²) in [7, 11) is 1.64. The molecule has 19 heavy (non-hydrogen) atoms. The van der Waals surface area contributed by atoms with E-state index >= 15 is 0 Å². The number of ether oxygens (including phenoxy) is 2. The van der Waals surface area contributed by atoms with E-state index < -0.39 is 6.10 Å². The molecular weight excluding hydrogens is 272 g/mol. The third-order valence-electron chi connectivity index (χ3n) is 2.65. The maximum Gasteiger partial charge on any atom is 0.254 e. The molecule has 1 aliphatic rings. The third-order valence-corrected chi connectivity index (χ3v) is 2.65. The standard InChI is InChI=1S/C11H18N4O3.ClH/c1-17-5-3-15-8-9(6-13-15)14-11(16)10-7-12-2-4-18-10;/h6,8,10,12H,2-5,7H2,1H3,(H,14,16);1H. The molecule has 1 fully saturated rings. The highest BCUT2D eigenvalue weighted by Crippen LogP contribution is 2.07. The summed E-state index contributed by atoms with van der Waals surface area (Å²) in [5.41, 5.74) is 0.672. The van der Waals surface area contributed by atoms with E-state index in [9.17, 15) is 4.79 Å². The Bertz CT molecular complexity index is 393. The maximum atomic E-state index is 11.9.